The molecule has 2 N–H and O–H groups in total. The van der Waals surface area contributed by atoms with Crippen molar-refractivity contribution in [2.24, 2.45) is 10.9 Å². The number of aryl methyl sites for hydroxylation is 1. The molecule has 0 atom stereocenters. The number of halogens is 1. The third kappa shape index (κ3) is 5.16. The summed E-state index contributed by atoms with van der Waals surface area (Å²) >= 11 is 0. The molecular formula is C21H29FN6O3S. The molecule has 0 bridgehead atoms. The number of benzene rings is 1. The zero-order chi connectivity index (χ0) is 23.5. The molecule has 2 aromatic rings. The van der Waals surface area contributed by atoms with Gasteiger partial charge in [0.2, 0.25) is 10.0 Å². The number of nitrogens with two attached hydrogens (primary N) is 1. The van der Waals surface area contributed by atoms with E-state index in [9.17, 15) is 12.8 Å². The average molecular weight is 465 g/mol. The first-order valence-electron chi connectivity index (χ1n) is 10.5. The summed E-state index contributed by atoms with van der Waals surface area (Å²) in [5.41, 5.74) is 2.10. The highest BCUT2D eigenvalue weighted by Gasteiger charge is 2.26. The smallest absolute Gasteiger partial charge is 0.213 e. The van der Waals surface area contributed by atoms with Crippen molar-refractivity contribution >= 4 is 21.6 Å². The average Bonchev–Trinajstić information content (AvgIpc) is 2.77. The van der Waals surface area contributed by atoms with Gasteiger partial charge in [0.1, 0.15) is 17.9 Å². The summed E-state index contributed by atoms with van der Waals surface area (Å²) < 4.78 is 45.6. The van der Waals surface area contributed by atoms with E-state index in [1.807, 2.05) is 18.7 Å². The summed E-state index contributed by atoms with van der Waals surface area (Å²) in [4.78, 5) is 10.6. The molecule has 1 fully saturated rings. The van der Waals surface area contributed by atoms with Crippen LogP contribution in [0.25, 0.3) is 0 Å². The molecule has 1 saturated heterocycles. The monoisotopic (exact) mass is 464 g/mol. The van der Waals surface area contributed by atoms with Gasteiger partial charge in [-0.3, -0.25) is 0 Å². The van der Waals surface area contributed by atoms with Gasteiger partial charge in [-0.1, -0.05) is 0 Å². The molecule has 0 unspecified atom stereocenters. The second-order valence-corrected chi connectivity index (χ2v) is 10.0. The van der Waals surface area contributed by atoms with Crippen LogP contribution >= 0.6 is 0 Å². The van der Waals surface area contributed by atoms with E-state index in [4.69, 9.17) is 10.6 Å². The maximum absolute atomic E-state index is 14.3. The molecule has 1 aliphatic heterocycles. The second-order valence-electron chi connectivity index (χ2n) is 7.79. The molecule has 0 saturated carbocycles. The molecule has 0 radical (unpaired) electrons. The van der Waals surface area contributed by atoms with Crippen molar-refractivity contribution in [3.63, 3.8) is 0 Å². The molecule has 0 aliphatic carbocycles. The van der Waals surface area contributed by atoms with Crippen LogP contribution in [0.3, 0.4) is 0 Å². The summed E-state index contributed by atoms with van der Waals surface area (Å²) in [6.45, 7) is 8.83. The molecule has 174 valence electrons. The number of hydrogen-bond donors (Lipinski definition) is 1. The zero-order valence-corrected chi connectivity index (χ0v) is 19.6. The molecule has 32 heavy (non-hydrogen) atoms. The summed E-state index contributed by atoms with van der Waals surface area (Å²) in [6, 6.07) is 4.71. The van der Waals surface area contributed by atoms with Gasteiger partial charge < -0.3 is 15.5 Å². The molecule has 0 amide bonds. The van der Waals surface area contributed by atoms with Crippen LogP contribution in [0.5, 0.6) is 5.75 Å². The lowest BCUT2D eigenvalue weighted by Crippen LogP contribution is -2.49. The van der Waals surface area contributed by atoms with Gasteiger partial charge in [0.25, 0.3) is 0 Å². The Kier molecular flexibility index (Phi) is 7.29. The van der Waals surface area contributed by atoms with Crippen molar-refractivity contribution < 1.29 is 17.5 Å². The molecule has 1 aliphatic rings. The standard InChI is InChI=1S/C21H29FN6O3S/c1-5-32(29,30)28-8-6-27(7-9-28)20-12-18(24-13-25-20)21(26-23)16-11-19(31-14(2)3)17(22)10-15(16)4/h10-14H,5-9,23H2,1-4H3/b26-21+. The zero-order valence-electron chi connectivity index (χ0n) is 18.7. The number of nitrogens with zero attached hydrogens (tertiary/aromatic N) is 5. The minimum Gasteiger partial charge on any atom is -0.488 e. The number of piperazine rings is 1. The molecule has 3 rings (SSSR count). The normalized spacial score (nSPS) is 15.9. The summed E-state index contributed by atoms with van der Waals surface area (Å²) in [5, 5.41) is 3.92. The van der Waals surface area contributed by atoms with Crippen molar-refractivity contribution in [3.8, 4) is 5.75 Å². The van der Waals surface area contributed by atoms with Gasteiger partial charge in [0.05, 0.1) is 17.6 Å². The summed E-state index contributed by atoms with van der Waals surface area (Å²) in [7, 11) is -3.21. The number of rotatable bonds is 7. The SMILES string of the molecule is CCS(=O)(=O)N1CCN(c2cc(/C(=N/N)c3cc(OC(C)C)c(F)cc3C)ncn2)CC1. The van der Waals surface area contributed by atoms with Crippen molar-refractivity contribution in [1.82, 2.24) is 14.3 Å². The summed E-state index contributed by atoms with van der Waals surface area (Å²) in [5.74, 6) is 6.09. The van der Waals surface area contributed by atoms with Crippen LogP contribution in [-0.2, 0) is 10.0 Å². The first-order chi connectivity index (χ1) is 15.2. The van der Waals surface area contributed by atoms with Crippen LogP contribution in [0.15, 0.2) is 29.6 Å². The number of ether oxygens (including phenoxy) is 1. The minimum atomic E-state index is -3.21. The molecule has 1 aromatic heterocycles. The molecule has 11 heteroatoms. The maximum Gasteiger partial charge on any atom is 0.213 e. The Balaban J connectivity index is 1.87. The van der Waals surface area contributed by atoms with E-state index >= 15 is 0 Å². The van der Waals surface area contributed by atoms with Gasteiger partial charge >= 0.3 is 0 Å². The number of sulfonamides is 1. The van der Waals surface area contributed by atoms with Crippen LogP contribution in [0.1, 0.15) is 37.6 Å². The quantitative estimate of drug-likeness (QED) is 0.378. The molecule has 1 aromatic carbocycles. The lowest BCUT2D eigenvalue weighted by molar-refractivity contribution is 0.231. The predicted octanol–water partition coefficient (Wildman–Crippen LogP) is 1.89. The van der Waals surface area contributed by atoms with Gasteiger partial charge in [-0.15, -0.1) is 0 Å². The van der Waals surface area contributed by atoms with Crippen molar-refractivity contribution in [2.45, 2.75) is 33.8 Å². The fourth-order valence-electron chi connectivity index (χ4n) is 3.55. The van der Waals surface area contributed by atoms with E-state index in [1.54, 1.807) is 26.0 Å². The predicted molar refractivity (Wildman–Crippen MR) is 122 cm³/mol. The van der Waals surface area contributed by atoms with Crippen LogP contribution in [0, 0.1) is 12.7 Å². The van der Waals surface area contributed by atoms with Crippen molar-refractivity contribution in [2.75, 3.05) is 36.8 Å². The van der Waals surface area contributed by atoms with E-state index in [2.05, 4.69) is 15.1 Å². The third-order valence-electron chi connectivity index (χ3n) is 5.24. The van der Waals surface area contributed by atoms with E-state index in [0.717, 1.165) is 0 Å². The molecular weight excluding hydrogens is 435 g/mol. The third-order valence-corrected chi connectivity index (χ3v) is 7.12. The number of aromatic nitrogens is 2. The minimum absolute atomic E-state index is 0.0838. The lowest BCUT2D eigenvalue weighted by Gasteiger charge is -2.34. The Morgan fingerprint density at radius 1 is 1.22 bits per heavy atom. The highest BCUT2D eigenvalue weighted by atomic mass is 32.2. The van der Waals surface area contributed by atoms with Crippen molar-refractivity contribution in [3.05, 3.63) is 47.2 Å². The van der Waals surface area contributed by atoms with E-state index < -0.39 is 15.8 Å². The Morgan fingerprint density at radius 2 is 1.91 bits per heavy atom. The Morgan fingerprint density at radius 3 is 2.50 bits per heavy atom. The molecule has 0 spiro atoms. The highest BCUT2D eigenvalue weighted by molar-refractivity contribution is 7.89. The first-order valence-corrected chi connectivity index (χ1v) is 12.1. The van der Waals surface area contributed by atoms with Gasteiger partial charge in [0.15, 0.2) is 11.6 Å². The van der Waals surface area contributed by atoms with Gasteiger partial charge in [-0.05, 0) is 45.4 Å². The second kappa shape index (κ2) is 9.78. The fourth-order valence-corrected chi connectivity index (χ4v) is 4.64. The van der Waals surface area contributed by atoms with Crippen LogP contribution in [0.4, 0.5) is 10.2 Å². The topological polar surface area (TPSA) is 114 Å². The van der Waals surface area contributed by atoms with Crippen molar-refractivity contribution in [1.29, 1.82) is 0 Å². The Bertz CT molecular complexity index is 1100. The van der Waals surface area contributed by atoms with E-state index in [0.29, 0.717) is 54.5 Å². The summed E-state index contributed by atoms with van der Waals surface area (Å²) in [6.07, 6.45) is 1.22. The first kappa shape index (κ1) is 23.9. The Hall–Kier alpha value is -2.79. The largest absolute Gasteiger partial charge is 0.488 e. The van der Waals surface area contributed by atoms with Crippen LogP contribution < -0.4 is 15.5 Å². The Labute approximate surface area is 188 Å². The molecule has 9 nitrogen and oxygen atoms in total. The molecule has 2 heterocycles. The lowest BCUT2D eigenvalue weighted by atomic mass is 10.0. The van der Waals surface area contributed by atoms with E-state index in [1.165, 1.54) is 16.7 Å². The highest BCUT2D eigenvalue weighted by Crippen LogP contribution is 2.26. The van der Waals surface area contributed by atoms with Gasteiger partial charge in [0, 0.05) is 37.8 Å². The van der Waals surface area contributed by atoms with Gasteiger partial charge in [-0.2, -0.15) is 9.41 Å². The number of hydrogen-bond acceptors (Lipinski definition) is 8. The van der Waals surface area contributed by atoms with Gasteiger partial charge in [-0.25, -0.2) is 22.8 Å². The fraction of sp³-hybridized carbons (Fsp3) is 0.476. The number of anilines is 1. The number of hydrazone groups is 1. The maximum atomic E-state index is 14.3. The van der Waals surface area contributed by atoms with E-state index in [-0.39, 0.29) is 17.6 Å². The van der Waals surface area contributed by atoms with Crippen LogP contribution in [-0.4, -0.2) is 66.4 Å². The van der Waals surface area contributed by atoms with Crippen LogP contribution in [0.2, 0.25) is 0 Å².